The Morgan fingerprint density at radius 1 is 1.33 bits per heavy atom. The second-order valence-corrected chi connectivity index (χ2v) is 3.89. The molecule has 1 aromatic carbocycles. The summed E-state index contributed by atoms with van der Waals surface area (Å²) in [5.41, 5.74) is 2.29. The number of rotatable bonds is 4. The van der Waals surface area contributed by atoms with Gasteiger partial charge in [-0.3, -0.25) is 0 Å². The van der Waals surface area contributed by atoms with Crippen LogP contribution >= 0.6 is 11.6 Å². The summed E-state index contributed by atoms with van der Waals surface area (Å²) in [6.45, 7) is 2.73. The van der Waals surface area contributed by atoms with Gasteiger partial charge in [-0.2, -0.15) is 0 Å². The van der Waals surface area contributed by atoms with Gasteiger partial charge in [-0.15, -0.1) is 11.6 Å². The first-order valence-corrected chi connectivity index (χ1v) is 5.62. The van der Waals surface area contributed by atoms with E-state index >= 15 is 0 Å². The van der Waals surface area contributed by atoms with E-state index in [-0.39, 0.29) is 0 Å². The van der Waals surface area contributed by atoms with E-state index in [0.717, 1.165) is 17.8 Å². The first-order valence-electron chi connectivity index (χ1n) is 5.09. The Morgan fingerprint density at radius 2 is 2.13 bits per heavy atom. The number of aromatic amines is 1. The molecule has 1 heterocycles. The molecule has 0 fully saturated rings. The predicted molar refractivity (Wildman–Crippen MR) is 63.9 cm³/mol. The van der Waals surface area contributed by atoms with Crippen molar-refractivity contribution in [3.8, 4) is 5.88 Å². The van der Waals surface area contributed by atoms with Gasteiger partial charge in [0.05, 0.1) is 6.61 Å². The van der Waals surface area contributed by atoms with Crippen molar-refractivity contribution >= 4 is 22.5 Å². The Labute approximate surface area is 94.2 Å². The van der Waals surface area contributed by atoms with E-state index in [1.54, 1.807) is 0 Å². The Morgan fingerprint density at radius 3 is 2.87 bits per heavy atom. The third-order valence-corrected chi connectivity index (χ3v) is 2.71. The van der Waals surface area contributed by atoms with E-state index < -0.39 is 0 Å². The fourth-order valence-corrected chi connectivity index (χ4v) is 1.74. The van der Waals surface area contributed by atoms with Gasteiger partial charge >= 0.3 is 0 Å². The number of alkyl halides is 1. The molecule has 80 valence electrons. The summed E-state index contributed by atoms with van der Waals surface area (Å²) in [6.07, 6.45) is 0.871. The topological polar surface area (TPSA) is 25.0 Å². The highest BCUT2D eigenvalue weighted by Gasteiger charge is 2.06. The number of benzene rings is 1. The van der Waals surface area contributed by atoms with Crippen molar-refractivity contribution in [1.82, 2.24) is 4.98 Å². The monoisotopic (exact) mass is 223 g/mol. The van der Waals surface area contributed by atoms with Crippen LogP contribution in [-0.4, -0.2) is 17.5 Å². The molecule has 0 aliphatic heterocycles. The number of ether oxygens (including phenoxy) is 1. The van der Waals surface area contributed by atoms with Gasteiger partial charge in [-0.1, -0.05) is 18.2 Å². The summed E-state index contributed by atoms with van der Waals surface area (Å²) in [5.74, 6) is 1.50. The SMILES string of the molecule is Cc1c(OCCCCl)[nH]c2ccccc12. The molecule has 0 saturated heterocycles. The van der Waals surface area contributed by atoms with Gasteiger partial charge in [0.2, 0.25) is 0 Å². The molecular formula is C12H14ClNO. The minimum Gasteiger partial charge on any atom is -0.479 e. The average Bonchev–Trinajstić information content (AvgIpc) is 2.57. The maximum Gasteiger partial charge on any atom is 0.194 e. The van der Waals surface area contributed by atoms with Gasteiger partial charge < -0.3 is 9.72 Å². The smallest absolute Gasteiger partial charge is 0.194 e. The quantitative estimate of drug-likeness (QED) is 0.623. The highest BCUT2D eigenvalue weighted by molar-refractivity contribution is 6.17. The maximum absolute atomic E-state index is 5.62. The van der Waals surface area contributed by atoms with Gasteiger partial charge in [0.15, 0.2) is 5.88 Å². The summed E-state index contributed by atoms with van der Waals surface area (Å²) in [5, 5.41) is 1.22. The van der Waals surface area contributed by atoms with E-state index in [9.17, 15) is 0 Å². The second-order valence-electron chi connectivity index (χ2n) is 3.52. The molecule has 2 rings (SSSR count). The Balaban J connectivity index is 2.24. The van der Waals surface area contributed by atoms with Gasteiger partial charge in [-0.05, 0) is 19.4 Å². The van der Waals surface area contributed by atoms with Crippen LogP contribution in [0.3, 0.4) is 0 Å². The van der Waals surface area contributed by atoms with E-state index in [0.29, 0.717) is 12.5 Å². The third kappa shape index (κ3) is 2.10. The number of hydrogen-bond acceptors (Lipinski definition) is 1. The molecule has 0 saturated carbocycles. The number of H-pyrrole nitrogens is 1. The van der Waals surface area contributed by atoms with E-state index in [4.69, 9.17) is 16.3 Å². The Hall–Kier alpha value is -1.15. The van der Waals surface area contributed by atoms with Crippen molar-refractivity contribution in [2.45, 2.75) is 13.3 Å². The van der Waals surface area contributed by atoms with Crippen LogP contribution in [0.2, 0.25) is 0 Å². The molecule has 0 aliphatic rings. The van der Waals surface area contributed by atoms with Crippen molar-refractivity contribution in [3.05, 3.63) is 29.8 Å². The van der Waals surface area contributed by atoms with Crippen LogP contribution in [0.4, 0.5) is 0 Å². The predicted octanol–water partition coefficient (Wildman–Crippen LogP) is 3.48. The lowest BCUT2D eigenvalue weighted by Crippen LogP contribution is -1.98. The third-order valence-electron chi connectivity index (χ3n) is 2.44. The number of nitrogens with one attached hydrogen (secondary N) is 1. The number of para-hydroxylation sites is 1. The van der Waals surface area contributed by atoms with Crippen LogP contribution in [0.25, 0.3) is 10.9 Å². The van der Waals surface area contributed by atoms with Crippen LogP contribution in [0.15, 0.2) is 24.3 Å². The van der Waals surface area contributed by atoms with E-state index in [2.05, 4.69) is 24.0 Å². The lowest BCUT2D eigenvalue weighted by atomic mass is 10.2. The van der Waals surface area contributed by atoms with Crippen LogP contribution in [0, 0.1) is 6.92 Å². The van der Waals surface area contributed by atoms with Crippen molar-refractivity contribution in [1.29, 1.82) is 0 Å². The highest BCUT2D eigenvalue weighted by atomic mass is 35.5. The molecule has 1 N–H and O–H groups in total. The van der Waals surface area contributed by atoms with Gasteiger partial charge in [-0.25, -0.2) is 0 Å². The molecule has 0 amide bonds. The van der Waals surface area contributed by atoms with Crippen LogP contribution in [0.5, 0.6) is 5.88 Å². The zero-order chi connectivity index (χ0) is 10.7. The molecule has 2 nitrogen and oxygen atoms in total. The normalized spacial score (nSPS) is 10.8. The number of hydrogen-bond donors (Lipinski definition) is 1. The summed E-state index contributed by atoms with van der Waals surface area (Å²) < 4.78 is 5.62. The largest absolute Gasteiger partial charge is 0.479 e. The standard InChI is InChI=1S/C12H14ClNO/c1-9-10-5-2-3-6-11(10)14-12(9)15-8-4-7-13/h2-3,5-6,14H,4,7-8H2,1H3. The first-order chi connectivity index (χ1) is 7.33. The molecular weight excluding hydrogens is 210 g/mol. The molecule has 15 heavy (non-hydrogen) atoms. The van der Waals surface area contributed by atoms with Crippen molar-refractivity contribution in [2.24, 2.45) is 0 Å². The van der Waals surface area contributed by atoms with E-state index in [1.165, 1.54) is 10.9 Å². The van der Waals surface area contributed by atoms with Crippen LogP contribution in [0.1, 0.15) is 12.0 Å². The number of aromatic nitrogens is 1. The molecule has 0 spiro atoms. The summed E-state index contributed by atoms with van der Waals surface area (Å²) >= 11 is 5.60. The van der Waals surface area contributed by atoms with Gasteiger partial charge in [0.1, 0.15) is 0 Å². The zero-order valence-corrected chi connectivity index (χ0v) is 9.47. The van der Waals surface area contributed by atoms with E-state index in [1.807, 2.05) is 12.1 Å². The Kier molecular flexibility index (Phi) is 3.17. The minimum absolute atomic E-state index is 0.638. The highest BCUT2D eigenvalue weighted by Crippen LogP contribution is 2.26. The lowest BCUT2D eigenvalue weighted by Gasteiger charge is -2.02. The molecule has 0 aliphatic carbocycles. The van der Waals surface area contributed by atoms with Gasteiger partial charge in [0, 0.05) is 22.3 Å². The van der Waals surface area contributed by atoms with Crippen molar-refractivity contribution < 1.29 is 4.74 Å². The lowest BCUT2D eigenvalue weighted by molar-refractivity contribution is 0.306. The fraction of sp³-hybridized carbons (Fsp3) is 0.333. The minimum atomic E-state index is 0.638. The summed E-state index contributed by atoms with van der Waals surface area (Å²) in [6, 6.07) is 8.19. The summed E-state index contributed by atoms with van der Waals surface area (Å²) in [4.78, 5) is 3.26. The fourth-order valence-electron chi connectivity index (χ4n) is 1.63. The zero-order valence-electron chi connectivity index (χ0n) is 8.72. The Bertz CT molecular complexity index is 450. The molecule has 3 heteroatoms. The summed E-state index contributed by atoms with van der Waals surface area (Å²) in [7, 11) is 0. The first kappa shape index (κ1) is 10.4. The number of fused-ring (bicyclic) bond motifs is 1. The van der Waals surface area contributed by atoms with Gasteiger partial charge in [0.25, 0.3) is 0 Å². The van der Waals surface area contributed by atoms with Crippen LogP contribution in [-0.2, 0) is 0 Å². The van der Waals surface area contributed by atoms with Crippen molar-refractivity contribution in [3.63, 3.8) is 0 Å². The number of aryl methyl sites for hydroxylation is 1. The maximum atomic E-state index is 5.62. The molecule has 2 aromatic rings. The van der Waals surface area contributed by atoms with Crippen molar-refractivity contribution in [2.75, 3.05) is 12.5 Å². The number of halogens is 1. The molecule has 0 bridgehead atoms. The average molecular weight is 224 g/mol. The molecule has 0 radical (unpaired) electrons. The second kappa shape index (κ2) is 4.58. The van der Waals surface area contributed by atoms with Crippen LogP contribution < -0.4 is 4.74 Å². The molecule has 0 atom stereocenters. The molecule has 0 unspecified atom stereocenters. The molecule has 1 aromatic heterocycles.